The van der Waals surface area contributed by atoms with E-state index in [1.807, 2.05) is 0 Å². The van der Waals surface area contributed by atoms with Gasteiger partial charge in [0.15, 0.2) is 5.78 Å². The average Bonchev–Trinajstić information content (AvgIpc) is 2.67. The smallest absolute Gasteiger partial charge is 0.413 e. The Kier molecular flexibility index (Phi) is 8.01. The lowest BCUT2D eigenvalue weighted by molar-refractivity contribution is -0.172. The maximum Gasteiger partial charge on any atom is 0.413 e. The van der Waals surface area contributed by atoms with Gasteiger partial charge in [0.1, 0.15) is 11.3 Å². The molecular formula is C22H28ClNO6. The average molecular weight is 438 g/mol. The molecule has 0 N–H and O–H groups in total. The van der Waals surface area contributed by atoms with Crippen molar-refractivity contribution in [3.05, 3.63) is 34.9 Å². The quantitative estimate of drug-likeness (QED) is 0.468. The van der Waals surface area contributed by atoms with Crippen molar-refractivity contribution in [1.82, 2.24) is 4.90 Å². The fourth-order valence-electron chi connectivity index (χ4n) is 3.82. The summed E-state index contributed by atoms with van der Waals surface area (Å²) in [5.41, 5.74) is -0.685. The summed E-state index contributed by atoms with van der Waals surface area (Å²) in [6, 6.07) is 6.95. The minimum atomic E-state index is -1.24. The Morgan fingerprint density at radius 2 is 1.83 bits per heavy atom. The molecule has 0 heterocycles. The van der Waals surface area contributed by atoms with Gasteiger partial charge in [0.2, 0.25) is 6.29 Å². The van der Waals surface area contributed by atoms with Crippen molar-refractivity contribution >= 4 is 35.2 Å². The van der Waals surface area contributed by atoms with Crippen LogP contribution in [0.25, 0.3) is 0 Å². The predicted molar refractivity (Wildman–Crippen MR) is 111 cm³/mol. The Morgan fingerprint density at radius 3 is 2.43 bits per heavy atom. The van der Waals surface area contributed by atoms with Crippen LogP contribution in [0.4, 0.5) is 4.79 Å². The van der Waals surface area contributed by atoms with Gasteiger partial charge in [-0.25, -0.2) is 4.79 Å². The molecule has 1 fully saturated rings. The van der Waals surface area contributed by atoms with E-state index in [0.29, 0.717) is 23.4 Å². The summed E-state index contributed by atoms with van der Waals surface area (Å²) in [7, 11) is 1.49. The van der Waals surface area contributed by atoms with Crippen molar-refractivity contribution in [1.29, 1.82) is 0 Å². The summed E-state index contributed by atoms with van der Waals surface area (Å²) in [5, 5.41) is 0.393. The number of halogens is 1. The van der Waals surface area contributed by atoms with Crippen molar-refractivity contribution in [2.45, 2.75) is 64.7 Å². The Balaban J connectivity index is 2.18. The van der Waals surface area contributed by atoms with Crippen molar-refractivity contribution in [2.24, 2.45) is 5.92 Å². The first-order valence-electron chi connectivity index (χ1n) is 10.0. The number of rotatable bonds is 7. The Labute approximate surface area is 181 Å². The number of esters is 1. The number of Topliss-reactive ketones (excluding diaryl/α,β-unsaturated/α-hetero) is 2. The van der Waals surface area contributed by atoms with E-state index in [2.05, 4.69) is 0 Å². The second-order valence-corrected chi connectivity index (χ2v) is 8.13. The zero-order chi connectivity index (χ0) is 22.5. The van der Waals surface area contributed by atoms with Crippen LogP contribution >= 0.6 is 11.6 Å². The Morgan fingerprint density at radius 1 is 1.17 bits per heavy atom. The number of carbonyl (C=O) groups is 4. The summed E-state index contributed by atoms with van der Waals surface area (Å²) in [6.45, 7) is 4.37. The van der Waals surface area contributed by atoms with Crippen LogP contribution in [0.5, 0.6) is 0 Å². The molecule has 0 aliphatic heterocycles. The molecule has 0 saturated heterocycles. The molecule has 164 valence electrons. The zero-order valence-corrected chi connectivity index (χ0v) is 18.5. The lowest BCUT2D eigenvalue weighted by Gasteiger charge is -2.43. The van der Waals surface area contributed by atoms with Gasteiger partial charge in [-0.15, -0.1) is 0 Å². The number of likely N-dealkylation sites (N-methyl/N-ethyl adjacent to an activating group) is 1. The van der Waals surface area contributed by atoms with Gasteiger partial charge in [0.05, 0.1) is 5.92 Å². The summed E-state index contributed by atoms with van der Waals surface area (Å²) in [5.74, 6) is -1.53. The van der Waals surface area contributed by atoms with Gasteiger partial charge < -0.3 is 14.3 Å². The van der Waals surface area contributed by atoms with E-state index in [0.717, 1.165) is 12.8 Å². The minimum Gasteiger partial charge on any atom is -0.425 e. The molecule has 8 heteroatoms. The number of ketones is 2. The van der Waals surface area contributed by atoms with E-state index < -0.39 is 29.8 Å². The highest BCUT2D eigenvalue weighted by Gasteiger charge is 2.48. The van der Waals surface area contributed by atoms with Crippen LogP contribution in [0, 0.1) is 5.92 Å². The van der Waals surface area contributed by atoms with Gasteiger partial charge in [-0.3, -0.25) is 14.5 Å². The van der Waals surface area contributed by atoms with Crippen LogP contribution in [-0.2, 0) is 29.4 Å². The molecule has 1 saturated carbocycles. The van der Waals surface area contributed by atoms with Crippen molar-refractivity contribution in [3.8, 4) is 0 Å². The fraction of sp³-hybridized carbons (Fsp3) is 0.545. The standard InChI is InChI=1S/C22H28ClNO6/c1-14(13-15(2)25)20(27)29-16(3)30-21(28)24(4)22(12-8-7-11-19(22)26)17-9-5-6-10-18(17)23/h5-6,9-10,14,16H,7-8,11-13H2,1-4H3/t14-,16?,22+/m1/s1. The Bertz CT molecular complexity index is 826. The molecule has 0 spiro atoms. The van der Waals surface area contributed by atoms with Crippen LogP contribution in [0.3, 0.4) is 0 Å². The molecule has 1 aliphatic carbocycles. The topological polar surface area (TPSA) is 90.0 Å². The highest BCUT2D eigenvalue weighted by molar-refractivity contribution is 6.31. The van der Waals surface area contributed by atoms with Gasteiger partial charge in [0.25, 0.3) is 0 Å². The lowest BCUT2D eigenvalue weighted by Crippen LogP contribution is -2.54. The third-order valence-electron chi connectivity index (χ3n) is 5.36. The minimum absolute atomic E-state index is 0.0452. The molecular weight excluding hydrogens is 410 g/mol. The van der Waals surface area contributed by atoms with Gasteiger partial charge in [-0.2, -0.15) is 0 Å². The van der Waals surface area contributed by atoms with E-state index in [-0.39, 0.29) is 18.0 Å². The van der Waals surface area contributed by atoms with Gasteiger partial charge in [-0.1, -0.05) is 36.7 Å². The number of hydrogen-bond donors (Lipinski definition) is 0. The van der Waals surface area contributed by atoms with Crippen LogP contribution in [0.15, 0.2) is 24.3 Å². The van der Waals surface area contributed by atoms with Crippen LogP contribution < -0.4 is 0 Å². The molecule has 1 aromatic rings. The number of ether oxygens (including phenoxy) is 2. The fourth-order valence-corrected chi connectivity index (χ4v) is 4.12. The maximum absolute atomic E-state index is 13.0. The first kappa shape index (κ1) is 23.9. The summed E-state index contributed by atoms with van der Waals surface area (Å²) < 4.78 is 10.4. The zero-order valence-electron chi connectivity index (χ0n) is 17.8. The van der Waals surface area contributed by atoms with Crippen molar-refractivity contribution < 1.29 is 28.7 Å². The van der Waals surface area contributed by atoms with E-state index >= 15 is 0 Å². The highest BCUT2D eigenvalue weighted by Crippen LogP contribution is 2.42. The van der Waals surface area contributed by atoms with Crippen LogP contribution in [0.1, 0.15) is 58.4 Å². The second-order valence-electron chi connectivity index (χ2n) is 7.72. The molecule has 0 radical (unpaired) electrons. The van der Waals surface area contributed by atoms with Gasteiger partial charge >= 0.3 is 12.1 Å². The normalized spacial score (nSPS) is 20.8. The number of nitrogens with zero attached hydrogens (tertiary/aromatic N) is 1. The summed E-state index contributed by atoms with van der Waals surface area (Å²) in [6.07, 6.45) is 0.316. The highest BCUT2D eigenvalue weighted by atomic mass is 35.5. The molecule has 0 bridgehead atoms. The van der Waals surface area contributed by atoms with Crippen molar-refractivity contribution in [2.75, 3.05) is 7.05 Å². The number of amides is 1. The largest absolute Gasteiger partial charge is 0.425 e. The lowest BCUT2D eigenvalue weighted by atomic mass is 9.74. The summed E-state index contributed by atoms with van der Waals surface area (Å²) in [4.78, 5) is 50.4. The Hall–Kier alpha value is -2.41. The molecule has 3 atom stereocenters. The molecule has 1 aliphatic rings. The van der Waals surface area contributed by atoms with E-state index in [1.165, 1.54) is 25.8 Å². The first-order chi connectivity index (χ1) is 14.1. The van der Waals surface area contributed by atoms with Crippen LogP contribution in [0.2, 0.25) is 5.02 Å². The third-order valence-corrected chi connectivity index (χ3v) is 5.69. The number of hydrogen-bond acceptors (Lipinski definition) is 6. The SMILES string of the molecule is CC(=O)C[C@@H](C)C(=O)OC(C)OC(=O)N(C)[C@]1(c2ccccc2Cl)CCCCC1=O. The van der Waals surface area contributed by atoms with E-state index in [9.17, 15) is 19.2 Å². The molecule has 7 nitrogen and oxygen atoms in total. The molecule has 1 amide bonds. The molecule has 1 unspecified atom stereocenters. The number of benzene rings is 1. The molecule has 0 aromatic heterocycles. The molecule has 30 heavy (non-hydrogen) atoms. The second kappa shape index (κ2) is 10.1. The maximum atomic E-state index is 13.0. The van der Waals surface area contributed by atoms with Gasteiger partial charge in [-0.05, 0) is 32.3 Å². The van der Waals surface area contributed by atoms with E-state index in [4.69, 9.17) is 21.1 Å². The van der Waals surface area contributed by atoms with E-state index in [1.54, 1.807) is 31.2 Å². The van der Waals surface area contributed by atoms with Crippen LogP contribution in [-0.4, -0.2) is 41.9 Å². The monoisotopic (exact) mass is 437 g/mol. The molecule has 2 rings (SSSR count). The molecule has 1 aromatic carbocycles. The third kappa shape index (κ3) is 5.19. The summed E-state index contributed by atoms with van der Waals surface area (Å²) >= 11 is 6.38. The number of carbonyl (C=O) groups excluding carboxylic acids is 4. The predicted octanol–water partition coefficient (Wildman–Crippen LogP) is 4.25. The van der Waals surface area contributed by atoms with Gasteiger partial charge in [0, 0.05) is 37.4 Å². The first-order valence-corrected chi connectivity index (χ1v) is 10.4. The van der Waals surface area contributed by atoms with Crippen molar-refractivity contribution in [3.63, 3.8) is 0 Å².